The van der Waals surface area contributed by atoms with E-state index in [2.05, 4.69) is 41.8 Å². The lowest BCUT2D eigenvalue weighted by Crippen LogP contribution is -2.20. The Morgan fingerprint density at radius 3 is 2.23 bits per heavy atom. The highest BCUT2D eigenvalue weighted by atomic mass is 35.5. The van der Waals surface area contributed by atoms with Crippen LogP contribution in [0.1, 0.15) is 18.1 Å². The van der Waals surface area contributed by atoms with Crippen LogP contribution in [0.3, 0.4) is 0 Å². The van der Waals surface area contributed by atoms with Crippen LogP contribution in [0, 0.1) is 0 Å². The normalized spacial score (nSPS) is 10.4. The summed E-state index contributed by atoms with van der Waals surface area (Å²) < 4.78 is 10.7. The maximum atomic E-state index is 12.1. The Morgan fingerprint density at radius 2 is 1.60 bits per heavy atom. The summed E-state index contributed by atoms with van der Waals surface area (Å²) >= 11 is 6.33. The van der Waals surface area contributed by atoms with Gasteiger partial charge in [0.2, 0.25) is 0 Å². The minimum atomic E-state index is -0.266. The Kier molecular flexibility index (Phi) is 7.57. The molecule has 0 spiro atoms. The fourth-order valence-electron chi connectivity index (χ4n) is 2.85. The molecule has 3 aromatic rings. The topological polar surface area (TPSA) is 59.6 Å². The molecule has 0 saturated heterocycles. The Labute approximate surface area is 182 Å². The number of hydrogen-bond donors (Lipinski definition) is 2. The van der Waals surface area contributed by atoms with Gasteiger partial charge in [0.25, 0.3) is 5.91 Å². The van der Waals surface area contributed by atoms with Crippen molar-refractivity contribution in [3.8, 4) is 11.5 Å². The van der Waals surface area contributed by atoms with Crippen molar-refractivity contribution in [3.05, 3.63) is 82.9 Å². The summed E-state index contributed by atoms with van der Waals surface area (Å²) in [5, 5.41) is 6.61. The monoisotopic (exact) mass is 424 g/mol. The van der Waals surface area contributed by atoms with Gasteiger partial charge in [-0.25, -0.2) is 0 Å². The lowest BCUT2D eigenvalue weighted by molar-refractivity contribution is -0.118. The zero-order chi connectivity index (χ0) is 21.3. The van der Waals surface area contributed by atoms with E-state index in [0.29, 0.717) is 23.0 Å². The first-order valence-corrected chi connectivity index (χ1v) is 10.1. The van der Waals surface area contributed by atoms with Crippen LogP contribution in [0.5, 0.6) is 11.5 Å². The van der Waals surface area contributed by atoms with Gasteiger partial charge in [0.15, 0.2) is 6.61 Å². The van der Waals surface area contributed by atoms with E-state index in [4.69, 9.17) is 21.1 Å². The largest absolute Gasteiger partial charge is 0.497 e. The molecule has 3 aromatic carbocycles. The summed E-state index contributed by atoms with van der Waals surface area (Å²) in [6.07, 6.45) is 1.02. The van der Waals surface area contributed by atoms with E-state index in [1.54, 1.807) is 37.4 Å². The lowest BCUT2D eigenvalue weighted by Gasteiger charge is -2.11. The van der Waals surface area contributed by atoms with Gasteiger partial charge in [-0.15, -0.1) is 0 Å². The number of methoxy groups -OCH3 is 1. The molecule has 2 N–H and O–H groups in total. The zero-order valence-electron chi connectivity index (χ0n) is 17.1. The van der Waals surface area contributed by atoms with Gasteiger partial charge in [0.05, 0.1) is 12.1 Å². The molecule has 156 valence electrons. The van der Waals surface area contributed by atoms with Gasteiger partial charge in [0.1, 0.15) is 11.5 Å². The third-order valence-corrected chi connectivity index (χ3v) is 4.88. The van der Waals surface area contributed by atoms with Crippen LogP contribution >= 0.6 is 11.6 Å². The van der Waals surface area contributed by atoms with Crippen LogP contribution in [0.15, 0.2) is 66.7 Å². The van der Waals surface area contributed by atoms with Crippen molar-refractivity contribution in [2.45, 2.75) is 19.9 Å². The minimum absolute atomic E-state index is 0.132. The van der Waals surface area contributed by atoms with Crippen LogP contribution in [-0.4, -0.2) is 19.6 Å². The number of aryl methyl sites for hydroxylation is 1. The van der Waals surface area contributed by atoms with Crippen molar-refractivity contribution in [2.75, 3.05) is 24.4 Å². The number of anilines is 2. The Morgan fingerprint density at radius 1 is 0.933 bits per heavy atom. The summed E-state index contributed by atoms with van der Waals surface area (Å²) in [6, 6.07) is 21.0. The minimum Gasteiger partial charge on any atom is -0.497 e. The molecule has 5 nitrogen and oxygen atoms in total. The molecule has 0 heterocycles. The standard InChI is InChI=1S/C24H25ClN2O3/c1-3-17-4-7-19(8-5-17)26-15-18-6-13-23(22(25)14-18)30-16-24(28)27-20-9-11-21(29-2)12-10-20/h4-14,26H,3,15-16H2,1-2H3,(H,27,28). The van der Waals surface area contributed by atoms with E-state index in [-0.39, 0.29) is 12.5 Å². The van der Waals surface area contributed by atoms with E-state index in [1.807, 2.05) is 12.1 Å². The van der Waals surface area contributed by atoms with Gasteiger partial charge in [-0.05, 0) is 66.1 Å². The molecule has 0 atom stereocenters. The molecule has 6 heteroatoms. The van der Waals surface area contributed by atoms with E-state index in [0.717, 1.165) is 23.4 Å². The SMILES string of the molecule is CCc1ccc(NCc2ccc(OCC(=O)Nc3ccc(OC)cc3)c(Cl)c2)cc1. The second-order valence-electron chi connectivity index (χ2n) is 6.73. The highest BCUT2D eigenvalue weighted by molar-refractivity contribution is 6.32. The van der Waals surface area contributed by atoms with Crippen LogP contribution in [-0.2, 0) is 17.8 Å². The predicted octanol–water partition coefficient (Wildman–Crippen LogP) is 5.54. The Balaban J connectivity index is 1.49. The maximum Gasteiger partial charge on any atom is 0.262 e. The van der Waals surface area contributed by atoms with Gasteiger partial charge in [0, 0.05) is 17.9 Å². The number of ether oxygens (including phenoxy) is 2. The third kappa shape index (κ3) is 6.16. The molecule has 0 aliphatic rings. The highest BCUT2D eigenvalue weighted by Gasteiger charge is 2.08. The molecule has 0 aliphatic heterocycles. The molecular weight excluding hydrogens is 400 g/mol. The number of carbonyl (C=O) groups is 1. The highest BCUT2D eigenvalue weighted by Crippen LogP contribution is 2.26. The predicted molar refractivity (Wildman–Crippen MR) is 122 cm³/mol. The molecule has 0 fully saturated rings. The summed E-state index contributed by atoms with van der Waals surface area (Å²) in [6.45, 7) is 2.65. The number of benzene rings is 3. The fourth-order valence-corrected chi connectivity index (χ4v) is 3.11. The summed E-state index contributed by atoms with van der Waals surface area (Å²) in [5.41, 5.74) is 4.05. The second kappa shape index (κ2) is 10.6. The van der Waals surface area contributed by atoms with Gasteiger partial charge in [-0.3, -0.25) is 4.79 Å². The summed E-state index contributed by atoms with van der Waals surface area (Å²) in [5.74, 6) is 0.929. The summed E-state index contributed by atoms with van der Waals surface area (Å²) in [7, 11) is 1.59. The molecule has 30 heavy (non-hydrogen) atoms. The fraction of sp³-hybridized carbons (Fsp3) is 0.208. The van der Waals surface area contributed by atoms with Crippen LogP contribution < -0.4 is 20.1 Å². The average molecular weight is 425 g/mol. The van der Waals surface area contributed by atoms with Gasteiger partial charge in [-0.2, -0.15) is 0 Å². The molecule has 0 saturated carbocycles. The molecular formula is C24H25ClN2O3. The molecule has 0 aromatic heterocycles. The molecule has 0 unspecified atom stereocenters. The Bertz CT molecular complexity index is 973. The van der Waals surface area contributed by atoms with E-state index in [1.165, 1.54) is 5.56 Å². The van der Waals surface area contributed by atoms with Crippen molar-refractivity contribution < 1.29 is 14.3 Å². The first-order chi connectivity index (χ1) is 14.6. The third-order valence-electron chi connectivity index (χ3n) is 4.59. The smallest absolute Gasteiger partial charge is 0.262 e. The second-order valence-corrected chi connectivity index (χ2v) is 7.14. The number of nitrogens with one attached hydrogen (secondary N) is 2. The van der Waals surface area contributed by atoms with E-state index in [9.17, 15) is 4.79 Å². The first-order valence-electron chi connectivity index (χ1n) is 9.75. The van der Waals surface area contributed by atoms with Crippen molar-refractivity contribution >= 4 is 28.9 Å². The molecule has 0 bridgehead atoms. The number of hydrogen-bond acceptors (Lipinski definition) is 4. The van der Waals surface area contributed by atoms with Crippen LogP contribution in [0.4, 0.5) is 11.4 Å². The maximum absolute atomic E-state index is 12.1. The van der Waals surface area contributed by atoms with Crippen LogP contribution in [0.25, 0.3) is 0 Å². The van der Waals surface area contributed by atoms with Crippen molar-refractivity contribution in [1.82, 2.24) is 0 Å². The molecule has 0 aliphatic carbocycles. The van der Waals surface area contributed by atoms with Crippen molar-refractivity contribution in [2.24, 2.45) is 0 Å². The van der Waals surface area contributed by atoms with Gasteiger partial charge in [-0.1, -0.05) is 36.7 Å². The average Bonchev–Trinajstić information content (AvgIpc) is 2.78. The molecule has 3 rings (SSSR count). The first kappa shape index (κ1) is 21.5. The number of amides is 1. The van der Waals surface area contributed by atoms with Crippen molar-refractivity contribution in [1.29, 1.82) is 0 Å². The Hall–Kier alpha value is -3.18. The molecule has 1 amide bonds. The number of carbonyl (C=O) groups excluding carboxylic acids is 1. The number of halogens is 1. The lowest BCUT2D eigenvalue weighted by atomic mass is 10.1. The molecule has 0 radical (unpaired) electrons. The summed E-state index contributed by atoms with van der Waals surface area (Å²) in [4.78, 5) is 12.1. The van der Waals surface area contributed by atoms with E-state index >= 15 is 0 Å². The number of rotatable bonds is 9. The van der Waals surface area contributed by atoms with Gasteiger partial charge < -0.3 is 20.1 Å². The quantitative estimate of drug-likeness (QED) is 0.473. The van der Waals surface area contributed by atoms with Gasteiger partial charge >= 0.3 is 0 Å². The zero-order valence-corrected chi connectivity index (χ0v) is 17.8. The van der Waals surface area contributed by atoms with Crippen molar-refractivity contribution in [3.63, 3.8) is 0 Å². The van der Waals surface area contributed by atoms with E-state index < -0.39 is 0 Å². The van der Waals surface area contributed by atoms with Crippen LogP contribution in [0.2, 0.25) is 5.02 Å².